The van der Waals surface area contributed by atoms with Crippen LogP contribution in [0.1, 0.15) is 25.8 Å². The number of aliphatic carboxylic acids is 1. The molecule has 1 rings (SSSR count). The SMILES string of the molecule is CCN(Cc1c(Cl)cccc1Cl)C(C)CC(=O)O. The van der Waals surface area contributed by atoms with Crippen LogP contribution in [0.4, 0.5) is 0 Å². The van der Waals surface area contributed by atoms with Crippen molar-refractivity contribution in [3.63, 3.8) is 0 Å². The lowest BCUT2D eigenvalue weighted by molar-refractivity contribution is -0.138. The van der Waals surface area contributed by atoms with Crippen LogP contribution in [0.5, 0.6) is 0 Å². The molecule has 100 valence electrons. The summed E-state index contributed by atoms with van der Waals surface area (Å²) < 4.78 is 0. The number of benzene rings is 1. The van der Waals surface area contributed by atoms with Gasteiger partial charge in [-0.2, -0.15) is 0 Å². The zero-order chi connectivity index (χ0) is 13.7. The van der Waals surface area contributed by atoms with Gasteiger partial charge in [-0.05, 0) is 25.6 Å². The molecule has 0 aliphatic heterocycles. The Hall–Kier alpha value is -0.770. The molecule has 1 atom stereocenters. The second-order valence-corrected chi connectivity index (χ2v) is 5.02. The molecule has 1 unspecified atom stereocenters. The highest BCUT2D eigenvalue weighted by Crippen LogP contribution is 2.26. The minimum Gasteiger partial charge on any atom is -0.481 e. The summed E-state index contributed by atoms with van der Waals surface area (Å²) in [5.74, 6) is -0.800. The van der Waals surface area contributed by atoms with Gasteiger partial charge in [-0.15, -0.1) is 0 Å². The van der Waals surface area contributed by atoms with Gasteiger partial charge in [0.25, 0.3) is 0 Å². The quantitative estimate of drug-likeness (QED) is 0.868. The predicted molar refractivity (Wildman–Crippen MR) is 74.3 cm³/mol. The summed E-state index contributed by atoms with van der Waals surface area (Å²) in [5.41, 5.74) is 0.847. The van der Waals surface area contributed by atoms with Gasteiger partial charge in [0, 0.05) is 28.2 Å². The maximum absolute atomic E-state index is 10.7. The van der Waals surface area contributed by atoms with E-state index in [1.54, 1.807) is 18.2 Å². The maximum atomic E-state index is 10.7. The average Bonchev–Trinajstić information content (AvgIpc) is 2.27. The zero-order valence-electron chi connectivity index (χ0n) is 10.5. The number of rotatable bonds is 6. The molecule has 0 aliphatic rings. The summed E-state index contributed by atoms with van der Waals surface area (Å²) in [6.45, 7) is 5.19. The number of hydrogen-bond donors (Lipinski definition) is 1. The molecule has 0 spiro atoms. The Balaban J connectivity index is 2.82. The first-order chi connectivity index (χ1) is 8.45. The Morgan fingerprint density at radius 1 is 1.39 bits per heavy atom. The van der Waals surface area contributed by atoms with E-state index >= 15 is 0 Å². The van der Waals surface area contributed by atoms with E-state index < -0.39 is 5.97 Å². The molecule has 0 saturated carbocycles. The van der Waals surface area contributed by atoms with Gasteiger partial charge in [0.1, 0.15) is 0 Å². The van der Waals surface area contributed by atoms with Crippen LogP contribution >= 0.6 is 23.2 Å². The molecular formula is C13H17Cl2NO2. The Morgan fingerprint density at radius 3 is 2.39 bits per heavy atom. The van der Waals surface area contributed by atoms with Crippen LogP contribution in [-0.4, -0.2) is 28.6 Å². The van der Waals surface area contributed by atoms with Crippen LogP contribution in [-0.2, 0) is 11.3 Å². The lowest BCUT2D eigenvalue weighted by Crippen LogP contribution is -2.34. The topological polar surface area (TPSA) is 40.5 Å². The largest absolute Gasteiger partial charge is 0.481 e. The summed E-state index contributed by atoms with van der Waals surface area (Å²) in [4.78, 5) is 12.8. The summed E-state index contributed by atoms with van der Waals surface area (Å²) in [6, 6.07) is 5.32. The van der Waals surface area contributed by atoms with Crippen LogP contribution in [0.15, 0.2) is 18.2 Å². The van der Waals surface area contributed by atoms with Crippen molar-refractivity contribution < 1.29 is 9.90 Å². The highest BCUT2D eigenvalue weighted by Gasteiger charge is 2.17. The van der Waals surface area contributed by atoms with Gasteiger partial charge in [-0.3, -0.25) is 9.69 Å². The Morgan fingerprint density at radius 2 is 1.94 bits per heavy atom. The fourth-order valence-electron chi connectivity index (χ4n) is 1.85. The number of carboxylic acids is 1. The number of carboxylic acid groups (broad SMARTS) is 1. The van der Waals surface area contributed by atoms with Crippen molar-refractivity contribution in [1.29, 1.82) is 0 Å². The van der Waals surface area contributed by atoms with E-state index in [0.717, 1.165) is 12.1 Å². The summed E-state index contributed by atoms with van der Waals surface area (Å²) in [5, 5.41) is 10.1. The van der Waals surface area contributed by atoms with E-state index in [1.807, 2.05) is 18.7 Å². The first-order valence-corrected chi connectivity index (χ1v) is 6.60. The molecule has 1 N–H and O–H groups in total. The molecular weight excluding hydrogens is 273 g/mol. The zero-order valence-corrected chi connectivity index (χ0v) is 12.0. The molecule has 0 radical (unpaired) electrons. The maximum Gasteiger partial charge on any atom is 0.304 e. The average molecular weight is 290 g/mol. The molecule has 0 fully saturated rings. The minimum absolute atomic E-state index is 0.0557. The van der Waals surface area contributed by atoms with E-state index in [9.17, 15) is 4.79 Å². The highest BCUT2D eigenvalue weighted by atomic mass is 35.5. The van der Waals surface area contributed by atoms with E-state index in [1.165, 1.54) is 0 Å². The number of carbonyl (C=O) groups is 1. The molecule has 3 nitrogen and oxygen atoms in total. The second kappa shape index (κ2) is 6.98. The van der Waals surface area contributed by atoms with Gasteiger partial charge in [0.15, 0.2) is 0 Å². The van der Waals surface area contributed by atoms with Crippen LogP contribution in [0, 0.1) is 0 Å². The molecule has 5 heteroatoms. The molecule has 0 aromatic heterocycles. The Bertz CT molecular complexity index is 403. The fourth-order valence-corrected chi connectivity index (χ4v) is 2.36. The number of hydrogen-bond acceptors (Lipinski definition) is 2. The van der Waals surface area contributed by atoms with Crippen LogP contribution in [0.3, 0.4) is 0 Å². The van der Waals surface area contributed by atoms with E-state index in [-0.39, 0.29) is 12.5 Å². The van der Waals surface area contributed by atoms with E-state index in [0.29, 0.717) is 16.6 Å². The van der Waals surface area contributed by atoms with Gasteiger partial charge in [0.2, 0.25) is 0 Å². The third-order valence-corrected chi connectivity index (χ3v) is 3.63. The monoisotopic (exact) mass is 289 g/mol. The highest BCUT2D eigenvalue weighted by molar-refractivity contribution is 6.35. The second-order valence-electron chi connectivity index (χ2n) is 4.21. The van der Waals surface area contributed by atoms with Crippen LogP contribution in [0.25, 0.3) is 0 Å². The van der Waals surface area contributed by atoms with Crippen molar-refractivity contribution in [2.75, 3.05) is 6.54 Å². The van der Waals surface area contributed by atoms with Gasteiger partial charge >= 0.3 is 5.97 Å². The third-order valence-electron chi connectivity index (χ3n) is 2.92. The van der Waals surface area contributed by atoms with Crippen molar-refractivity contribution in [2.45, 2.75) is 32.9 Å². The first kappa shape index (κ1) is 15.3. The summed E-state index contributed by atoms with van der Waals surface area (Å²) in [7, 11) is 0. The van der Waals surface area contributed by atoms with Gasteiger partial charge in [-0.25, -0.2) is 0 Å². The molecule has 1 aromatic carbocycles. The lowest BCUT2D eigenvalue weighted by Gasteiger charge is -2.27. The standard InChI is InChI=1S/C13H17Cl2NO2/c1-3-16(9(2)7-13(17)18)8-10-11(14)5-4-6-12(10)15/h4-6,9H,3,7-8H2,1-2H3,(H,17,18). The molecule has 1 aromatic rings. The van der Waals surface area contributed by atoms with Gasteiger partial charge in [-0.1, -0.05) is 36.2 Å². The van der Waals surface area contributed by atoms with Gasteiger partial charge < -0.3 is 5.11 Å². The van der Waals surface area contributed by atoms with Gasteiger partial charge in [0.05, 0.1) is 6.42 Å². The number of halogens is 2. The third kappa shape index (κ3) is 4.16. The van der Waals surface area contributed by atoms with Crippen LogP contribution in [0.2, 0.25) is 10.0 Å². The molecule has 0 aliphatic carbocycles. The van der Waals surface area contributed by atoms with E-state index in [4.69, 9.17) is 28.3 Å². The summed E-state index contributed by atoms with van der Waals surface area (Å²) in [6.07, 6.45) is 0.107. The number of nitrogens with zero attached hydrogens (tertiary/aromatic N) is 1. The Kier molecular flexibility index (Phi) is 5.93. The van der Waals surface area contributed by atoms with Crippen LogP contribution < -0.4 is 0 Å². The molecule has 0 bridgehead atoms. The summed E-state index contributed by atoms with van der Waals surface area (Å²) >= 11 is 12.2. The molecule has 0 amide bonds. The predicted octanol–water partition coefficient (Wildman–Crippen LogP) is 3.68. The lowest BCUT2D eigenvalue weighted by atomic mass is 10.1. The fraction of sp³-hybridized carbons (Fsp3) is 0.462. The Labute approximate surface area is 117 Å². The minimum atomic E-state index is -0.800. The first-order valence-electron chi connectivity index (χ1n) is 5.84. The van der Waals surface area contributed by atoms with E-state index in [2.05, 4.69) is 0 Å². The molecule has 0 heterocycles. The van der Waals surface area contributed by atoms with Crippen molar-refractivity contribution in [1.82, 2.24) is 4.90 Å². The smallest absolute Gasteiger partial charge is 0.304 e. The molecule has 0 saturated heterocycles. The van der Waals surface area contributed by atoms with Crippen molar-refractivity contribution in [3.05, 3.63) is 33.8 Å². The molecule has 18 heavy (non-hydrogen) atoms. The van der Waals surface area contributed by atoms with Crippen molar-refractivity contribution >= 4 is 29.2 Å². The van der Waals surface area contributed by atoms with Crippen molar-refractivity contribution in [2.24, 2.45) is 0 Å². The normalized spacial score (nSPS) is 12.7. The van der Waals surface area contributed by atoms with Crippen molar-refractivity contribution in [3.8, 4) is 0 Å².